The van der Waals surface area contributed by atoms with Gasteiger partial charge in [0, 0.05) is 88.3 Å². The van der Waals surface area contributed by atoms with Gasteiger partial charge in [-0.1, -0.05) is 71.2 Å². The lowest BCUT2D eigenvalue weighted by molar-refractivity contribution is -0.147. The van der Waals surface area contributed by atoms with Gasteiger partial charge >= 0.3 is 0 Å². The monoisotopic (exact) mass is 954 g/mol. The number of carbonyl (C=O) groups is 3. The molecule has 374 valence electrons. The Balaban J connectivity index is 0.000000200. The first-order valence-corrected chi connectivity index (χ1v) is 25.6. The van der Waals surface area contributed by atoms with Crippen molar-refractivity contribution in [2.24, 2.45) is 16.7 Å². The van der Waals surface area contributed by atoms with Gasteiger partial charge in [-0.25, -0.2) is 9.97 Å². The molecule has 4 N–H and O–H groups in total. The quantitative estimate of drug-likeness (QED) is 0.110. The van der Waals surface area contributed by atoms with Crippen LogP contribution in [0.25, 0.3) is 11.3 Å². The van der Waals surface area contributed by atoms with Crippen LogP contribution in [-0.2, 0) is 14.4 Å². The van der Waals surface area contributed by atoms with Crippen molar-refractivity contribution < 1.29 is 19.5 Å². The molecule has 70 heavy (non-hydrogen) atoms. The van der Waals surface area contributed by atoms with Crippen molar-refractivity contribution in [3.05, 3.63) is 84.2 Å². The molecule has 15 heteroatoms. The van der Waals surface area contributed by atoms with Crippen molar-refractivity contribution in [3.63, 3.8) is 0 Å². The third-order valence-electron chi connectivity index (χ3n) is 15.0. The van der Waals surface area contributed by atoms with E-state index in [0.717, 1.165) is 100.0 Å². The summed E-state index contributed by atoms with van der Waals surface area (Å²) in [6.07, 6.45) is 18.3. The number of amides is 3. The zero-order valence-corrected chi connectivity index (χ0v) is 42.5. The van der Waals surface area contributed by atoms with Crippen molar-refractivity contribution in [2.75, 3.05) is 68.0 Å². The zero-order valence-electron chi connectivity index (χ0n) is 42.5. The van der Waals surface area contributed by atoms with Crippen molar-refractivity contribution in [2.45, 2.75) is 123 Å². The van der Waals surface area contributed by atoms with Gasteiger partial charge in [0.05, 0.1) is 17.4 Å². The molecular weight excluding hydrogens is 879 g/mol. The summed E-state index contributed by atoms with van der Waals surface area (Å²) in [4.78, 5) is 57.7. The van der Waals surface area contributed by atoms with Crippen LogP contribution in [-0.4, -0.2) is 124 Å². The number of aromatic nitrogens is 4. The molecule has 15 nitrogen and oxygen atoms in total. The molecule has 2 saturated carbocycles. The second-order valence-corrected chi connectivity index (χ2v) is 20.5. The van der Waals surface area contributed by atoms with E-state index in [9.17, 15) is 19.5 Å². The van der Waals surface area contributed by atoms with Crippen LogP contribution in [0.3, 0.4) is 0 Å². The maximum atomic E-state index is 13.7. The summed E-state index contributed by atoms with van der Waals surface area (Å²) in [5.74, 6) is 4.09. The summed E-state index contributed by atoms with van der Waals surface area (Å²) in [7, 11) is 1.87. The van der Waals surface area contributed by atoms with E-state index in [1.54, 1.807) is 11.0 Å². The van der Waals surface area contributed by atoms with Gasteiger partial charge < -0.3 is 35.8 Å². The Labute approximate surface area is 415 Å². The number of piperazine rings is 1. The predicted octanol–water partition coefficient (Wildman–Crippen LogP) is 7.45. The van der Waals surface area contributed by atoms with Gasteiger partial charge in [-0.3, -0.25) is 19.3 Å². The number of anilines is 3. The number of phenolic OH excluding ortho intramolecular Hbond substituents is 1. The highest BCUT2D eigenvalue weighted by molar-refractivity contribution is 5.93. The largest absolute Gasteiger partial charge is 0.507 e. The van der Waals surface area contributed by atoms with E-state index < -0.39 is 17.5 Å². The second-order valence-electron chi connectivity index (χ2n) is 20.5. The highest BCUT2D eigenvalue weighted by atomic mass is 16.3. The summed E-state index contributed by atoms with van der Waals surface area (Å²) in [6, 6.07) is 17.9. The fraction of sp³-hybridized carbons (Fsp3) is 0.545. The molecule has 3 saturated heterocycles. The number of carbonyl (C=O) groups excluding carboxylic acids is 3. The van der Waals surface area contributed by atoms with Crippen LogP contribution in [0.2, 0.25) is 0 Å². The smallest absolute Gasteiger partial charge is 0.246 e. The number of nitrogens with one attached hydrogen (secondary N) is 3. The van der Waals surface area contributed by atoms with E-state index in [0.29, 0.717) is 35.7 Å². The van der Waals surface area contributed by atoms with Crippen molar-refractivity contribution >= 4 is 35.2 Å². The van der Waals surface area contributed by atoms with Crippen LogP contribution in [0.4, 0.5) is 17.5 Å². The third-order valence-corrected chi connectivity index (χ3v) is 15.0. The molecule has 3 amide bonds. The number of rotatable bonds is 11. The van der Waals surface area contributed by atoms with E-state index in [4.69, 9.17) is 6.42 Å². The maximum absolute atomic E-state index is 13.7. The highest BCUT2D eigenvalue weighted by Gasteiger charge is 2.52. The lowest BCUT2D eigenvalue weighted by atomic mass is 9.51. The fourth-order valence-corrected chi connectivity index (χ4v) is 10.7. The minimum absolute atomic E-state index is 0.00679. The summed E-state index contributed by atoms with van der Waals surface area (Å²) in [5, 5.41) is 28.3. The summed E-state index contributed by atoms with van der Waals surface area (Å²) in [5.41, 5.74) is 4.10. The normalized spacial score (nSPS) is 20.0. The van der Waals surface area contributed by atoms with Gasteiger partial charge in [-0.2, -0.15) is 0 Å². The molecule has 5 heterocycles. The first kappa shape index (κ1) is 51.6. The molecule has 2 aromatic heterocycles. The summed E-state index contributed by atoms with van der Waals surface area (Å²) >= 11 is 0. The summed E-state index contributed by atoms with van der Waals surface area (Å²) in [6.45, 7) is 18.3. The molecular formula is C55H75N11O4. The Bertz CT molecular complexity index is 2410. The van der Waals surface area contributed by atoms with Gasteiger partial charge in [-0.15, -0.1) is 16.6 Å². The molecule has 3 unspecified atom stereocenters. The van der Waals surface area contributed by atoms with Crippen molar-refractivity contribution in [1.82, 2.24) is 40.6 Å². The molecule has 3 aliphatic heterocycles. The minimum Gasteiger partial charge on any atom is -0.507 e. The van der Waals surface area contributed by atoms with E-state index in [1.165, 1.54) is 19.3 Å². The highest BCUT2D eigenvalue weighted by Crippen LogP contribution is 2.58. The van der Waals surface area contributed by atoms with Crippen LogP contribution < -0.4 is 25.8 Å². The van der Waals surface area contributed by atoms with Crippen molar-refractivity contribution in [3.8, 4) is 29.4 Å². The number of terminal acetylenes is 1. The number of para-hydroxylation sites is 1. The molecule has 5 fully saturated rings. The van der Waals surface area contributed by atoms with Crippen LogP contribution in [0, 0.1) is 29.1 Å². The Kier molecular flexibility index (Phi) is 17.0. The van der Waals surface area contributed by atoms with Crippen LogP contribution in [0.5, 0.6) is 5.75 Å². The summed E-state index contributed by atoms with van der Waals surface area (Å²) < 4.78 is 0. The first-order valence-electron chi connectivity index (χ1n) is 25.6. The van der Waals surface area contributed by atoms with Gasteiger partial charge in [0.2, 0.25) is 23.7 Å². The minimum atomic E-state index is -0.657. The maximum Gasteiger partial charge on any atom is 0.246 e. The van der Waals surface area contributed by atoms with Crippen LogP contribution >= 0.6 is 0 Å². The lowest BCUT2D eigenvalue weighted by Crippen LogP contribution is -2.60. The Morgan fingerprint density at radius 1 is 0.814 bits per heavy atom. The second kappa shape index (κ2) is 23.1. The van der Waals surface area contributed by atoms with E-state index in [2.05, 4.69) is 56.7 Å². The molecule has 0 bridgehead atoms. The molecule has 4 aromatic rings. The lowest BCUT2D eigenvalue weighted by Gasteiger charge is -2.53. The van der Waals surface area contributed by atoms with Crippen LogP contribution in [0.15, 0.2) is 73.1 Å². The molecule has 2 aliphatic carbocycles. The van der Waals surface area contributed by atoms with E-state index in [-0.39, 0.29) is 35.4 Å². The average Bonchev–Trinajstić information content (AvgIpc) is 3.86. The average molecular weight is 954 g/mol. The number of hydrogen-bond donors (Lipinski definition) is 4. The fourth-order valence-electron chi connectivity index (χ4n) is 10.7. The number of piperidine rings is 1. The third kappa shape index (κ3) is 12.0. The molecule has 3 atom stereocenters. The van der Waals surface area contributed by atoms with Gasteiger partial charge in [-0.05, 0) is 111 Å². The topological polar surface area (TPSA) is 172 Å². The van der Waals surface area contributed by atoms with Gasteiger partial charge in [0.1, 0.15) is 17.8 Å². The molecule has 2 aromatic carbocycles. The Morgan fingerprint density at radius 2 is 1.49 bits per heavy atom. The van der Waals surface area contributed by atoms with Gasteiger partial charge in [0.25, 0.3) is 0 Å². The molecule has 1 spiro atoms. The molecule has 0 radical (unpaired) electrons. The number of benzene rings is 2. The van der Waals surface area contributed by atoms with E-state index in [1.807, 2.05) is 116 Å². The zero-order chi connectivity index (χ0) is 50.0. The van der Waals surface area contributed by atoms with E-state index >= 15 is 0 Å². The Morgan fingerprint density at radius 3 is 2.09 bits per heavy atom. The number of aromatic hydroxyl groups is 1. The Hall–Kier alpha value is -6.27. The number of nitrogens with zero attached hydrogens (tertiary/aromatic N) is 8. The number of likely N-dealkylation sites (tertiary alicyclic amines) is 1. The number of phenols is 1. The molecule has 9 rings (SSSR count). The van der Waals surface area contributed by atoms with Gasteiger partial charge in [0.15, 0.2) is 5.82 Å². The van der Waals surface area contributed by atoms with Crippen LogP contribution in [0.1, 0.15) is 116 Å². The standard InChI is InChI=1S/C29H39N3O3.C24H30N8O.C2H6/c1-6-20-10-12-21(13-11-20)19(2)30-26(34)23-9-7-16-32(23)27(35)24(28(3,4)5)31-25(33)22-17-29(18-22)14-8-15-29;1-25-23-21(17-20(28-29-23)19-5-2-3-6-22(19)33)31-15-13-30(14-16-31)18-7-11-32(12-8-18)24-26-9-4-10-27-24;1-2/h1,10-13,19,22-24H,7-9,14-18H2,2-5H3,(H,30,34)(H,31,33);2-6,9-10,17-18,33H,7-8,11-16H2,1H3,(H,25,29);1-2H3. The van der Waals surface area contributed by atoms with Crippen molar-refractivity contribution in [1.29, 1.82) is 0 Å². The predicted molar refractivity (Wildman–Crippen MR) is 277 cm³/mol. The molecule has 5 aliphatic rings. The first-order chi connectivity index (χ1) is 33.8. The SMILES string of the molecule is C#Cc1ccc(C(C)NC(=O)C2CCCN2C(=O)C(NC(=O)C2CC3(CCC3)C2)C(C)(C)C)cc1.CC.CNc1nnc(-c2ccccc2O)cc1N1CCN(C2CCN(c3ncccn3)CC2)CC1. The number of hydrogen-bond acceptors (Lipinski definition) is 12.